The van der Waals surface area contributed by atoms with Gasteiger partial charge in [0.1, 0.15) is 5.75 Å². The average molecular weight is 339 g/mol. The highest BCUT2D eigenvalue weighted by molar-refractivity contribution is 5.67. The normalized spacial score (nSPS) is 17.9. The number of hydrogen-bond acceptors (Lipinski definition) is 2. The van der Waals surface area contributed by atoms with Crippen molar-refractivity contribution in [3.63, 3.8) is 0 Å². The van der Waals surface area contributed by atoms with Crippen molar-refractivity contribution in [1.29, 1.82) is 5.26 Å². The number of aryl methyl sites for hydroxylation is 2. The van der Waals surface area contributed by atoms with Gasteiger partial charge in [-0.05, 0) is 53.3 Å². The summed E-state index contributed by atoms with van der Waals surface area (Å²) in [6, 6.07) is 20.9. The number of phenols is 1. The van der Waals surface area contributed by atoms with E-state index in [9.17, 15) is 10.4 Å². The topological polar surface area (TPSA) is 44.0 Å². The Bertz CT molecular complexity index is 1060. The predicted molar refractivity (Wildman–Crippen MR) is 104 cm³/mol. The lowest BCUT2D eigenvalue weighted by atomic mass is 9.68. The SMILES string of the molecule is Cc1ccccc1C1c2ccccc2C(C)c2c(O)c(C)cc(C#N)c21. The Balaban J connectivity index is 2.15. The van der Waals surface area contributed by atoms with Crippen LogP contribution in [0, 0.1) is 25.2 Å². The van der Waals surface area contributed by atoms with Crippen LogP contribution in [0.25, 0.3) is 0 Å². The molecule has 0 bridgehead atoms. The third kappa shape index (κ3) is 2.24. The van der Waals surface area contributed by atoms with Gasteiger partial charge in [-0.25, -0.2) is 0 Å². The first-order valence-electron chi connectivity index (χ1n) is 8.95. The molecule has 0 aromatic heterocycles. The Morgan fingerprint density at radius 1 is 0.846 bits per heavy atom. The van der Waals surface area contributed by atoms with E-state index in [1.54, 1.807) is 0 Å². The number of fused-ring (bicyclic) bond motifs is 2. The van der Waals surface area contributed by atoms with E-state index < -0.39 is 0 Å². The second-order valence-corrected chi connectivity index (χ2v) is 7.17. The quantitative estimate of drug-likeness (QED) is 0.634. The predicted octanol–water partition coefficient (Wildman–Crippen LogP) is 5.53. The van der Waals surface area contributed by atoms with Gasteiger partial charge >= 0.3 is 0 Å². The molecule has 3 aromatic rings. The second kappa shape index (κ2) is 6.04. The molecule has 2 heteroatoms. The molecule has 0 saturated heterocycles. The van der Waals surface area contributed by atoms with E-state index in [0.717, 1.165) is 16.7 Å². The zero-order valence-electron chi connectivity index (χ0n) is 15.2. The molecule has 2 atom stereocenters. The summed E-state index contributed by atoms with van der Waals surface area (Å²) in [6.07, 6.45) is 0. The minimum absolute atomic E-state index is 0.0419. The van der Waals surface area contributed by atoms with E-state index in [1.807, 2.05) is 31.2 Å². The molecule has 2 unspecified atom stereocenters. The van der Waals surface area contributed by atoms with Gasteiger partial charge < -0.3 is 5.11 Å². The Morgan fingerprint density at radius 3 is 2.12 bits per heavy atom. The Labute approximate surface area is 154 Å². The highest BCUT2D eigenvalue weighted by Gasteiger charge is 2.35. The monoisotopic (exact) mass is 339 g/mol. The van der Waals surface area contributed by atoms with Crippen LogP contribution >= 0.6 is 0 Å². The van der Waals surface area contributed by atoms with E-state index in [-0.39, 0.29) is 11.8 Å². The second-order valence-electron chi connectivity index (χ2n) is 7.17. The van der Waals surface area contributed by atoms with Gasteiger partial charge in [0, 0.05) is 17.4 Å². The van der Waals surface area contributed by atoms with Crippen molar-refractivity contribution in [1.82, 2.24) is 0 Å². The maximum absolute atomic E-state index is 10.9. The van der Waals surface area contributed by atoms with Crippen LogP contribution in [0.1, 0.15) is 63.3 Å². The van der Waals surface area contributed by atoms with Gasteiger partial charge in [0.2, 0.25) is 0 Å². The van der Waals surface area contributed by atoms with Crippen molar-refractivity contribution >= 4 is 0 Å². The van der Waals surface area contributed by atoms with Crippen LogP contribution in [0.2, 0.25) is 0 Å². The van der Waals surface area contributed by atoms with Crippen molar-refractivity contribution in [2.45, 2.75) is 32.6 Å². The first kappa shape index (κ1) is 16.4. The maximum Gasteiger partial charge on any atom is 0.122 e. The highest BCUT2D eigenvalue weighted by atomic mass is 16.3. The fourth-order valence-corrected chi connectivity index (χ4v) is 4.40. The summed E-state index contributed by atoms with van der Waals surface area (Å²) in [5, 5.41) is 20.7. The lowest BCUT2D eigenvalue weighted by Gasteiger charge is -2.35. The van der Waals surface area contributed by atoms with Crippen LogP contribution in [-0.2, 0) is 0 Å². The molecule has 3 aromatic carbocycles. The lowest BCUT2D eigenvalue weighted by molar-refractivity contribution is 0.458. The van der Waals surface area contributed by atoms with Gasteiger partial charge in [-0.1, -0.05) is 55.5 Å². The standard InChI is InChI=1S/C24H21NO/c1-14-8-4-5-9-18(14)23-20-11-7-6-10-19(20)16(3)21-22(23)17(13-25)12-15(2)24(21)26/h4-12,16,23,26H,1-3H3. The van der Waals surface area contributed by atoms with Crippen LogP contribution in [-0.4, -0.2) is 5.11 Å². The van der Waals surface area contributed by atoms with Crippen LogP contribution in [0.15, 0.2) is 54.6 Å². The Hall–Kier alpha value is -3.05. The van der Waals surface area contributed by atoms with Gasteiger partial charge in [0.05, 0.1) is 11.6 Å². The van der Waals surface area contributed by atoms with E-state index in [0.29, 0.717) is 11.3 Å². The molecule has 0 spiro atoms. The van der Waals surface area contributed by atoms with Gasteiger partial charge in [-0.15, -0.1) is 0 Å². The summed E-state index contributed by atoms with van der Waals surface area (Å²) < 4.78 is 0. The van der Waals surface area contributed by atoms with Crippen molar-refractivity contribution < 1.29 is 5.11 Å². The van der Waals surface area contributed by atoms with Gasteiger partial charge in [-0.2, -0.15) is 5.26 Å². The molecule has 0 aliphatic heterocycles. The van der Waals surface area contributed by atoms with Gasteiger partial charge in [-0.3, -0.25) is 0 Å². The number of phenolic OH excluding ortho intramolecular Hbond substituents is 1. The third-order valence-corrected chi connectivity index (χ3v) is 5.68. The van der Waals surface area contributed by atoms with Crippen molar-refractivity contribution in [3.8, 4) is 11.8 Å². The number of nitriles is 1. The maximum atomic E-state index is 10.9. The molecule has 26 heavy (non-hydrogen) atoms. The summed E-state index contributed by atoms with van der Waals surface area (Å²) in [6.45, 7) is 6.09. The van der Waals surface area contributed by atoms with Crippen LogP contribution in [0.3, 0.4) is 0 Å². The van der Waals surface area contributed by atoms with Crippen molar-refractivity contribution in [3.05, 3.63) is 99.1 Å². The molecule has 0 heterocycles. The Kier molecular flexibility index (Phi) is 3.81. The average Bonchev–Trinajstić information content (AvgIpc) is 2.65. The molecule has 0 radical (unpaired) electrons. The van der Waals surface area contributed by atoms with Crippen LogP contribution < -0.4 is 0 Å². The summed E-state index contributed by atoms with van der Waals surface area (Å²) in [7, 11) is 0. The van der Waals surface area contributed by atoms with E-state index >= 15 is 0 Å². The zero-order chi connectivity index (χ0) is 18.4. The molecular formula is C24H21NO. The summed E-state index contributed by atoms with van der Waals surface area (Å²) in [5.74, 6) is 0.327. The fourth-order valence-electron chi connectivity index (χ4n) is 4.40. The molecule has 0 fully saturated rings. The molecular weight excluding hydrogens is 318 g/mol. The first-order valence-corrected chi connectivity index (χ1v) is 8.95. The summed E-state index contributed by atoms with van der Waals surface area (Å²) in [4.78, 5) is 0. The number of aromatic hydroxyl groups is 1. The third-order valence-electron chi connectivity index (χ3n) is 5.68. The minimum Gasteiger partial charge on any atom is -0.507 e. The van der Waals surface area contributed by atoms with E-state index in [4.69, 9.17) is 0 Å². The number of benzene rings is 3. The largest absolute Gasteiger partial charge is 0.507 e. The molecule has 0 amide bonds. The number of rotatable bonds is 1. The number of hydrogen-bond donors (Lipinski definition) is 1. The molecule has 4 rings (SSSR count). The van der Waals surface area contributed by atoms with Crippen molar-refractivity contribution in [2.24, 2.45) is 0 Å². The summed E-state index contributed by atoms with van der Waals surface area (Å²) in [5.41, 5.74) is 8.09. The molecule has 128 valence electrons. The van der Waals surface area contributed by atoms with E-state index in [1.165, 1.54) is 22.3 Å². The first-order chi connectivity index (χ1) is 12.5. The molecule has 1 N–H and O–H groups in total. The number of nitrogens with zero attached hydrogens (tertiary/aromatic N) is 1. The molecule has 1 aliphatic carbocycles. The molecule has 2 nitrogen and oxygen atoms in total. The molecule has 1 aliphatic rings. The van der Waals surface area contributed by atoms with Gasteiger partial charge in [0.25, 0.3) is 0 Å². The van der Waals surface area contributed by atoms with E-state index in [2.05, 4.69) is 50.2 Å². The van der Waals surface area contributed by atoms with Crippen molar-refractivity contribution in [2.75, 3.05) is 0 Å². The summed E-state index contributed by atoms with van der Waals surface area (Å²) >= 11 is 0. The van der Waals surface area contributed by atoms with Crippen LogP contribution in [0.5, 0.6) is 5.75 Å². The zero-order valence-corrected chi connectivity index (χ0v) is 15.2. The fraction of sp³-hybridized carbons (Fsp3) is 0.208. The lowest BCUT2D eigenvalue weighted by Crippen LogP contribution is -2.20. The minimum atomic E-state index is -0.0419. The molecule has 0 saturated carbocycles. The Morgan fingerprint density at radius 2 is 1.46 bits per heavy atom. The highest BCUT2D eigenvalue weighted by Crippen LogP contribution is 2.51. The smallest absolute Gasteiger partial charge is 0.122 e. The van der Waals surface area contributed by atoms with Crippen LogP contribution in [0.4, 0.5) is 0 Å². The van der Waals surface area contributed by atoms with Gasteiger partial charge in [0.15, 0.2) is 0 Å².